The van der Waals surface area contributed by atoms with E-state index in [-0.39, 0.29) is 11.9 Å². The molecule has 1 saturated heterocycles. The first kappa shape index (κ1) is 14.4. The van der Waals surface area contributed by atoms with Gasteiger partial charge in [-0.25, -0.2) is 0 Å². The van der Waals surface area contributed by atoms with Gasteiger partial charge in [-0.3, -0.25) is 9.89 Å². The largest absolute Gasteiger partial charge is 0.345 e. The molecule has 6 heteroatoms. The highest BCUT2D eigenvalue weighted by atomic mass is 16.2. The molecule has 1 aliphatic heterocycles. The fraction of sp³-hybridized carbons (Fsp3) is 0.438. The fourth-order valence-electron chi connectivity index (χ4n) is 3.35. The van der Waals surface area contributed by atoms with E-state index in [1.54, 1.807) is 23.9 Å². The van der Waals surface area contributed by atoms with Crippen molar-refractivity contribution in [2.45, 2.75) is 32.7 Å². The number of rotatable bonds is 2. The van der Waals surface area contributed by atoms with Gasteiger partial charge in [-0.1, -0.05) is 0 Å². The Balaban J connectivity index is 1.95. The summed E-state index contributed by atoms with van der Waals surface area (Å²) in [6.07, 6.45) is 3.62. The predicted octanol–water partition coefficient (Wildman–Crippen LogP) is 2.21. The van der Waals surface area contributed by atoms with Gasteiger partial charge < -0.3 is 9.47 Å². The summed E-state index contributed by atoms with van der Waals surface area (Å²) in [4.78, 5) is 14.8. The molecule has 2 aromatic heterocycles. The molecule has 2 aromatic rings. The number of amides is 1. The van der Waals surface area contributed by atoms with Crippen LogP contribution in [0.3, 0.4) is 0 Å². The van der Waals surface area contributed by atoms with E-state index in [0.29, 0.717) is 11.3 Å². The summed E-state index contributed by atoms with van der Waals surface area (Å²) in [6.45, 7) is 4.70. The van der Waals surface area contributed by atoms with Crippen molar-refractivity contribution in [1.82, 2.24) is 19.7 Å². The van der Waals surface area contributed by atoms with Crippen LogP contribution >= 0.6 is 0 Å². The summed E-state index contributed by atoms with van der Waals surface area (Å²) in [7, 11) is 1.80. The molecule has 1 fully saturated rings. The predicted molar refractivity (Wildman–Crippen MR) is 81.2 cm³/mol. The number of carbonyl (C=O) groups is 1. The molecule has 6 nitrogen and oxygen atoms in total. The fourth-order valence-corrected chi connectivity index (χ4v) is 3.35. The number of aromatic nitrogens is 3. The quantitative estimate of drug-likeness (QED) is 0.923. The monoisotopic (exact) mass is 297 g/mol. The number of hydrogen-bond acceptors (Lipinski definition) is 3. The lowest BCUT2D eigenvalue weighted by Gasteiger charge is -2.25. The lowest BCUT2D eigenvalue weighted by Crippen LogP contribution is -2.32. The van der Waals surface area contributed by atoms with Gasteiger partial charge in [0.2, 0.25) is 0 Å². The van der Waals surface area contributed by atoms with Crippen LogP contribution in [-0.2, 0) is 7.05 Å². The summed E-state index contributed by atoms with van der Waals surface area (Å²) >= 11 is 0. The Kier molecular flexibility index (Phi) is 3.49. The molecule has 1 atom stereocenters. The van der Waals surface area contributed by atoms with Crippen LogP contribution in [0.5, 0.6) is 0 Å². The molecule has 1 amide bonds. The van der Waals surface area contributed by atoms with Crippen LogP contribution in [0.1, 0.15) is 51.9 Å². The SMILES string of the molecule is Cc1n[nH]c(C)c1[C@H]1CCCN1C(=O)c1cc(C#N)cn1C. The van der Waals surface area contributed by atoms with E-state index < -0.39 is 0 Å². The van der Waals surface area contributed by atoms with Gasteiger partial charge >= 0.3 is 0 Å². The van der Waals surface area contributed by atoms with Gasteiger partial charge in [-0.2, -0.15) is 10.4 Å². The average Bonchev–Trinajstić information content (AvgIpc) is 3.18. The van der Waals surface area contributed by atoms with Crippen molar-refractivity contribution >= 4 is 5.91 Å². The highest BCUT2D eigenvalue weighted by Crippen LogP contribution is 2.35. The first-order valence-electron chi connectivity index (χ1n) is 7.41. The van der Waals surface area contributed by atoms with Crippen molar-refractivity contribution in [3.8, 4) is 6.07 Å². The van der Waals surface area contributed by atoms with E-state index in [4.69, 9.17) is 5.26 Å². The second kappa shape index (κ2) is 5.34. The van der Waals surface area contributed by atoms with Crippen LogP contribution in [0.2, 0.25) is 0 Å². The molecule has 1 aliphatic rings. The zero-order valence-corrected chi connectivity index (χ0v) is 13.1. The average molecular weight is 297 g/mol. The van der Waals surface area contributed by atoms with E-state index in [0.717, 1.165) is 36.3 Å². The van der Waals surface area contributed by atoms with Crippen molar-refractivity contribution < 1.29 is 4.79 Å². The van der Waals surface area contributed by atoms with E-state index in [1.165, 1.54) is 0 Å². The van der Waals surface area contributed by atoms with Crippen LogP contribution in [0, 0.1) is 25.2 Å². The number of nitrogens with zero attached hydrogens (tertiary/aromatic N) is 4. The number of nitrogens with one attached hydrogen (secondary N) is 1. The van der Waals surface area contributed by atoms with E-state index in [2.05, 4.69) is 16.3 Å². The molecule has 0 spiro atoms. The van der Waals surface area contributed by atoms with Crippen molar-refractivity contribution in [1.29, 1.82) is 5.26 Å². The normalized spacial score (nSPS) is 17.7. The van der Waals surface area contributed by atoms with Gasteiger partial charge in [0.05, 0.1) is 17.3 Å². The standard InChI is InChI=1S/C16H19N5O/c1-10-15(11(2)19-18-10)13-5-4-6-21(13)16(22)14-7-12(8-17)9-20(14)3/h7,9,13H,4-6H2,1-3H3,(H,18,19)/t13-/m1/s1. The third-order valence-corrected chi connectivity index (χ3v) is 4.39. The minimum atomic E-state index is -0.0218. The van der Waals surface area contributed by atoms with Crippen LogP contribution in [-0.4, -0.2) is 32.1 Å². The number of likely N-dealkylation sites (tertiary alicyclic amines) is 1. The number of aromatic amines is 1. The second-order valence-corrected chi connectivity index (χ2v) is 5.84. The molecule has 0 aromatic carbocycles. The first-order chi connectivity index (χ1) is 10.5. The molecule has 0 unspecified atom stereocenters. The molecule has 0 bridgehead atoms. The third-order valence-electron chi connectivity index (χ3n) is 4.39. The summed E-state index contributed by atoms with van der Waals surface area (Å²) < 4.78 is 1.73. The maximum absolute atomic E-state index is 12.9. The minimum Gasteiger partial charge on any atom is -0.345 e. The van der Waals surface area contributed by atoms with Gasteiger partial charge in [0, 0.05) is 31.0 Å². The minimum absolute atomic E-state index is 0.0218. The topological polar surface area (TPSA) is 77.7 Å². The van der Waals surface area contributed by atoms with E-state index in [1.807, 2.05) is 18.7 Å². The summed E-state index contributed by atoms with van der Waals surface area (Å²) in [5, 5.41) is 16.2. The highest BCUT2D eigenvalue weighted by Gasteiger charge is 2.34. The molecule has 3 rings (SSSR count). The molecule has 114 valence electrons. The van der Waals surface area contributed by atoms with Crippen LogP contribution in [0.15, 0.2) is 12.3 Å². The Hall–Kier alpha value is -2.55. The number of carbonyl (C=O) groups excluding carboxylic acids is 1. The van der Waals surface area contributed by atoms with Crippen molar-refractivity contribution in [2.24, 2.45) is 7.05 Å². The number of H-pyrrole nitrogens is 1. The second-order valence-electron chi connectivity index (χ2n) is 5.84. The smallest absolute Gasteiger partial charge is 0.271 e. The summed E-state index contributed by atoms with van der Waals surface area (Å²) in [5.74, 6) is -0.0218. The van der Waals surface area contributed by atoms with E-state index >= 15 is 0 Å². The van der Waals surface area contributed by atoms with Gasteiger partial charge in [0.15, 0.2) is 0 Å². The third kappa shape index (κ3) is 2.19. The molecule has 0 saturated carbocycles. The van der Waals surface area contributed by atoms with Gasteiger partial charge in [0.1, 0.15) is 11.8 Å². The van der Waals surface area contributed by atoms with Crippen molar-refractivity contribution in [3.63, 3.8) is 0 Å². The molecule has 3 heterocycles. The molecule has 0 radical (unpaired) electrons. The Morgan fingerprint density at radius 2 is 2.27 bits per heavy atom. The molecule has 0 aliphatic carbocycles. The number of nitriles is 1. The molecular weight excluding hydrogens is 278 g/mol. The van der Waals surface area contributed by atoms with Gasteiger partial charge in [-0.15, -0.1) is 0 Å². The zero-order valence-electron chi connectivity index (χ0n) is 13.1. The molecular formula is C16H19N5O. The zero-order chi connectivity index (χ0) is 15.9. The summed E-state index contributed by atoms with van der Waals surface area (Å²) in [5.41, 5.74) is 4.17. The maximum atomic E-state index is 12.9. The van der Waals surface area contributed by atoms with Crippen LogP contribution in [0.4, 0.5) is 0 Å². The molecule has 22 heavy (non-hydrogen) atoms. The highest BCUT2D eigenvalue weighted by molar-refractivity contribution is 5.93. The van der Waals surface area contributed by atoms with Gasteiger partial charge in [-0.05, 0) is 32.8 Å². The molecule has 1 N–H and O–H groups in total. The Bertz CT molecular complexity index is 745. The Morgan fingerprint density at radius 3 is 2.86 bits per heavy atom. The van der Waals surface area contributed by atoms with Crippen LogP contribution < -0.4 is 0 Å². The van der Waals surface area contributed by atoms with E-state index in [9.17, 15) is 4.79 Å². The van der Waals surface area contributed by atoms with Crippen molar-refractivity contribution in [3.05, 3.63) is 40.5 Å². The lowest BCUT2D eigenvalue weighted by molar-refractivity contribution is 0.0725. The Labute approximate surface area is 129 Å². The maximum Gasteiger partial charge on any atom is 0.271 e. The van der Waals surface area contributed by atoms with Crippen molar-refractivity contribution in [2.75, 3.05) is 6.54 Å². The lowest BCUT2D eigenvalue weighted by atomic mass is 10.0. The number of hydrogen-bond donors (Lipinski definition) is 1. The Morgan fingerprint density at radius 1 is 1.50 bits per heavy atom. The first-order valence-corrected chi connectivity index (χ1v) is 7.41. The van der Waals surface area contributed by atoms with Gasteiger partial charge in [0.25, 0.3) is 5.91 Å². The van der Waals surface area contributed by atoms with Crippen LogP contribution in [0.25, 0.3) is 0 Å². The number of aryl methyl sites for hydroxylation is 3. The summed E-state index contributed by atoms with van der Waals surface area (Å²) in [6, 6.07) is 3.81.